The van der Waals surface area contributed by atoms with Crippen LogP contribution in [0.25, 0.3) is 0 Å². The van der Waals surface area contributed by atoms with Gasteiger partial charge in [-0.25, -0.2) is 0 Å². The zero-order valence-corrected chi connectivity index (χ0v) is 14.2. The Morgan fingerprint density at radius 1 is 1.20 bits per heavy atom. The molecule has 1 rings (SSSR count). The Morgan fingerprint density at radius 3 is 2.65 bits per heavy atom. The molecule has 0 amide bonds. The van der Waals surface area contributed by atoms with Gasteiger partial charge in [-0.15, -0.1) is 0 Å². The predicted octanol–water partition coefficient (Wildman–Crippen LogP) is 5.20. The van der Waals surface area contributed by atoms with Crippen molar-refractivity contribution in [1.29, 1.82) is 0 Å². The van der Waals surface area contributed by atoms with Crippen LogP contribution in [-0.4, -0.2) is 23.6 Å². The molecule has 0 radical (unpaired) electrons. The molecule has 3 heteroatoms. The zero-order chi connectivity index (χ0) is 14.6. The number of ether oxygens (including phenoxy) is 1. The van der Waals surface area contributed by atoms with Crippen molar-refractivity contribution in [3.05, 3.63) is 0 Å². The first kappa shape index (κ1) is 17.9. The number of esters is 1. The van der Waals surface area contributed by atoms with Crippen LogP contribution in [0.15, 0.2) is 0 Å². The van der Waals surface area contributed by atoms with Gasteiger partial charge in [0, 0.05) is 12.2 Å². The van der Waals surface area contributed by atoms with Crippen molar-refractivity contribution >= 4 is 17.7 Å². The molecule has 0 heterocycles. The molecule has 0 aromatic rings. The second kappa shape index (κ2) is 11.5. The van der Waals surface area contributed by atoms with Gasteiger partial charge in [0.1, 0.15) is 6.10 Å². The number of carbonyl (C=O) groups excluding carboxylic acids is 1. The summed E-state index contributed by atoms with van der Waals surface area (Å²) in [5, 5.41) is 0. The summed E-state index contributed by atoms with van der Waals surface area (Å²) in [4.78, 5) is 11.7. The van der Waals surface area contributed by atoms with E-state index in [0.29, 0.717) is 6.42 Å². The van der Waals surface area contributed by atoms with E-state index in [9.17, 15) is 4.79 Å². The maximum Gasteiger partial charge on any atom is 0.306 e. The third-order valence-electron chi connectivity index (χ3n) is 3.77. The summed E-state index contributed by atoms with van der Waals surface area (Å²) in [5.41, 5.74) is 0. The van der Waals surface area contributed by atoms with Crippen molar-refractivity contribution in [2.75, 3.05) is 11.5 Å². The molecule has 0 aromatic heterocycles. The molecular weight excluding hydrogens is 268 g/mol. The highest BCUT2D eigenvalue weighted by Gasteiger charge is 2.19. The fourth-order valence-corrected chi connectivity index (χ4v) is 3.33. The average Bonchev–Trinajstić information content (AvgIpc) is 3.23. The number of hydrogen-bond donors (Lipinski definition) is 0. The summed E-state index contributed by atoms with van der Waals surface area (Å²) in [5.74, 6) is 3.16. The molecule has 0 saturated heterocycles. The van der Waals surface area contributed by atoms with Crippen LogP contribution in [0, 0.1) is 5.92 Å². The molecule has 1 unspecified atom stereocenters. The van der Waals surface area contributed by atoms with Crippen molar-refractivity contribution in [1.82, 2.24) is 0 Å². The van der Waals surface area contributed by atoms with Crippen molar-refractivity contribution in [2.24, 2.45) is 5.92 Å². The molecule has 0 aromatic carbocycles. The minimum absolute atomic E-state index is 0.00390. The maximum atomic E-state index is 11.7. The summed E-state index contributed by atoms with van der Waals surface area (Å²) in [6, 6.07) is 0. The third-order valence-corrected chi connectivity index (χ3v) is 5.05. The summed E-state index contributed by atoms with van der Waals surface area (Å²) < 4.78 is 5.43. The van der Waals surface area contributed by atoms with Crippen molar-refractivity contribution in [2.45, 2.75) is 84.2 Å². The Balaban J connectivity index is 1.85. The summed E-state index contributed by atoms with van der Waals surface area (Å²) in [7, 11) is 0. The smallest absolute Gasteiger partial charge is 0.306 e. The van der Waals surface area contributed by atoms with E-state index in [0.717, 1.165) is 18.1 Å². The third kappa shape index (κ3) is 10.6. The van der Waals surface area contributed by atoms with Crippen LogP contribution in [0.4, 0.5) is 0 Å². The fraction of sp³-hybridized carbons (Fsp3) is 0.941. The quantitative estimate of drug-likeness (QED) is 0.345. The monoisotopic (exact) mass is 300 g/mol. The van der Waals surface area contributed by atoms with Gasteiger partial charge >= 0.3 is 5.97 Å². The van der Waals surface area contributed by atoms with Gasteiger partial charge < -0.3 is 4.74 Å². The molecule has 0 N–H and O–H groups in total. The highest BCUT2D eigenvalue weighted by Crippen LogP contribution is 2.34. The number of thioether (sulfide) groups is 1. The van der Waals surface area contributed by atoms with Crippen LogP contribution < -0.4 is 0 Å². The van der Waals surface area contributed by atoms with Crippen molar-refractivity contribution < 1.29 is 9.53 Å². The molecule has 0 spiro atoms. The van der Waals surface area contributed by atoms with Crippen LogP contribution >= 0.6 is 11.8 Å². The number of hydrogen-bond acceptors (Lipinski definition) is 3. The highest BCUT2D eigenvalue weighted by atomic mass is 32.2. The lowest BCUT2D eigenvalue weighted by molar-refractivity contribution is -0.147. The molecule has 1 saturated carbocycles. The molecule has 1 atom stereocenters. The van der Waals surface area contributed by atoms with Crippen LogP contribution in [0.5, 0.6) is 0 Å². The maximum absolute atomic E-state index is 11.7. The van der Waals surface area contributed by atoms with Gasteiger partial charge in [-0.3, -0.25) is 4.79 Å². The Bertz CT molecular complexity index is 251. The van der Waals surface area contributed by atoms with E-state index in [2.05, 4.69) is 6.92 Å². The second-order valence-corrected chi connectivity index (χ2v) is 7.28. The van der Waals surface area contributed by atoms with Crippen LogP contribution in [0.1, 0.15) is 78.1 Å². The zero-order valence-electron chi connectivity index (χ0n) is 13.4. The number of unbranched alkanes of at least 4 members (excludes halogenated alkanes) is 4. The van der Waals surface area contributed by atoms with Crippen molar-refractivity contribution in [3.63, 3.8) is 0 Å². The van der Waals surface area contributed by atoms with Crippen LogP contribution in [-0.2, 0) is 9.53 Å². The first-order valence-corrected chi connectivity index (χ1v) is 9.65. The van der Waals surface area contributed by atoms with E-state index in [1.807, 2.05) is 18.7 Å². The van der Waals surface area contributed by atoms with E-state index in [1.165, 1.54) is 57.1 Å². The van der Waals surface area contributed by atoms with Crippen LogP contribution in [0.3, 0.4) is 0 Å². The molecule has 0 bridgehead atoms. The van der Waals surface area contributed by atoms with Gasteiger partial charge in [-0.1, -0.05) is 51.9 Å². The normalized spacial score (nSPS) is 16.1. The molecule has 1 aliphatic carbocycles. The lowest BCUT2D eigenvalue weighted by Gasteiger charge is -2.12. The van der Waals surface area contributed by atoms with Gasteiger partial charge in [-0.2, -0.15) is 11.8 Å². The molecule has 0 aliphatic heterocycles. The SMILES string of the molecule is CCCCSCC(C)OC(=O)CCCCCCC1CC1. The molecule has 1 fully saturated rings. The van der Waals surface area contributed by atoms with Crippen molar-refractivity contribution in [3.8, 4) is 0 Å². The Labute approximate surface area is 129 Å². The topological polar surface area (TPSA) is 26.3 Å². The Kier molecular flexibility index (Phi) is 10.3. The Morgan fingerprint density at radius 2 is 1.95 bits per heavy atom. The first-order valence-electron chi connectivity index (χ1n) is 8.49. The first-order chi connectivity index (χ1) is 9.72. The summed E-state index contributed by atoms with van der Waals surface area (Å²) in [6.07, 6.45) is 12.3. The van der Waals surface area contributed by atoms with E-state index in [4.69, 9.17) is 4.74 Å². The van der Waals surface area contributed by atoms with E-state index in [-0.39, 0.29) is 12.1 Å². The molecular formula is C17H32O2S. The number of carbonyl (C=O) groups is 1. The van der Waals surface area contributed by atoms with Gasteiger partial charge in [0.2, 0.25) is 0 Å². The van der Waals surface area contributed by atoms with Gasteiger partial charge in [0.25, 0.3) is 0 Å². The standard InChI is InChI=1S/C17H32O2S/c1-3-4-13-20-14-15(2)19-17(18)10-8-6-5-7-9-16-11-12-16/h15-16H,3-14H2,1-2H3. The van der Waals surface area contributed by atoms with E-state index >= 15 is 0 Å². The number of rotatable bonds is 13. The summed E-state index contributed by atoms with van der Waals surface area (Å²) in [6.45, 7) is 4.21. The second-order valence-electron chi connectivity index (χ2n) is 6.13. The lowest BCUT2D eigenvalue weighted by Crippen LogP contribution is -2.17. The average molecular weight is 301 g/mol. The molecule has 118 valence electrons. The highest BCUT2D eigenvalue weighted by molar-refractivity contribution is 7.99. The summed E-state index contributed by atoms with van der Waals surface area (Å²) >= 11 is 1.89. The lowest BCUT2D eigenvalue weighted by atomic mass is 10.1. The van der Waals surface area contributed by atoms with Gasteiger partial charge in [0.15, 0.2) is 0 Å². The Hall–Kier alpha value is -0.180. The molecule has 1 aliphatic rings. The van der Waals surface area contributed by atoms with Crippen LogP contribution in [0.2, 0.25) is 0 Å². The molecule has 20 heavy (non-hydrogen) atoms. The van der Waals surface area contributed by atoms with Gasteiger partial charge in [0.05, 0.1) is 0 Å². The molecule has 2 nitrogen and oxygen atoms in total. The van der Waals surface area contributed by atoms with Gasteiger partial charge in [-0.05, 0) is 31.4 Å². The van der Waals surface area contributed by atoms with E-state index in [1.54, 1.807) is 0 Å². The fourth-order valence-electron chi connectivity index (χ4n) is 2.28. The minimum Gasteiger partial charge on any atom is -0.462 e. The predicted molar refractivity (Wildman–Crippen MR) is 88.2 cm³/mol. The largest absolute Gasteiger partial charge is 0.462 e. The van der Waals surface area contributed by atoms with E-state index < -0.39 is 0 Å². The minimum atomic E-state index is -0.00390.